The maximum absolute atomic E-state index is 14.1. The number of carbonyl (C=O) groups is 4. The van der Waals surface area contributed by atoms with Crippen LogP contribution >= 0.6 is 11.8 Å². The number of nitrogens with zero attached hydrogens (tertiary/aromatic N) is 1. The highest BCUT2D eigenvalue weighted by Gasteiger charge is 2.33. The Bertz CT molecular complexity index is 1750. The second-order valence-electron chi connectivity index (χ2n) is 12.0. The van der Waals surface area contributed by atoms with Crippen LogP contribution < -0.4 is 15.4 Å². The summed E-state index contributed by atoms with van der Waals surface area (Å²) in [5.74, 6) is -1.79. The SMILES string of the molecule is COC(=O)c1nc(C(=O)O)ccc1-c1cc2c(cc1C(=O)Nc1ccc(CNC(=O)OC(C)(C)C)cc1C)C1SC=CC1CCO2. The van der Waals surface area contributed by atoms with Crippen molar-refractivity contribution < 1.29 is 38.5 Å². The number of anilines is 1. The van der Waals surface area contributed by atoms with Gasteiger partial charge in [-0.05, 0) is 86.9 Å². The lowest BCUT2D eigenvalue weighted by Gasteiger charge is -2.21. The molecule has 0 bridgehead atoms. The largest absolute Gasteiger partial charge is 0.493 e. The predicted octanol–water partition coefficient (Wildman–Crippen LogP) is 6.52. The molecule has 2 atom stereocenters. The Kier molecular flexibility index (Phi) is 9.38. The Morgan fingerprint density at radius 1 is 1.09 bits per heavy atom. The molecule has 0 spiro atoms. The van der Waals surface area contributed by atoms with Crippen LogP contribution in [0.25, 0.3) is 11.1 Å². The lowest BCUT2D eigenvalue weighted by atomic mass is 9.90. The standard InChI is InChI=1S/C34H35N3O8S/c1-18-14-19(17-35-33(42)45-34(2,3)4)6-8-25(18)37-30(38)23-15-24-27(44-12-10-20-11-13-46-29(20)24)16-22(23)21-7-9-26(31(39)40)36-28(21)32(41)43-5/h6-9,11,13-16,20,29H,10,12,17H2,1-5H3,(H,35,42)(H,37,38)(H,39,40). The third-order valence-corrected chi connectivity index (χ3v) is 8.72. The zero-order valence-electron chi connectivity index (χ0n) is 26.1. The molecule has 2 amide bonds. The summed E-state index contributed by atoms with van der Waals surface area (Å²) in [4.78, 5) is 54.8. The van der Waals surface area contributed by atoms with E-state index < -0.39 is 29.5 Å². The van der Waals surface area contributed by atoms with E-state index in [0.717, 1.165) is 23.1 Å². The van der Waals surface area contributed by atoms with Gasteiger partial charge in [0.2, 0.25) is 0 Å². The monoisotopic (exact) mass is 645 g/mol. The van der Waals surface area contributed by atoms with Crippen LogP contribution in [0.4, 0.5) is 10.5 Å². The van der Waals surface area contributed by atoms with E-state index in [0.29, 0.717) is 23.6 Å². The number of amides is 2. The molecule has 0 aliphatic carbocycles. The first-order chi connectivity index (χ1) is 21.8. The Hall–Kier alpha value is -4.84. The molecule has 12 heteroatoms. The number of carboxylic acids is 1. The Morgan fingerprint density at radius 3 is 2.57 bits per heavy atom. The number of aryl methyl sites for hydroxylation is 1. The molecule has 0 radical (unpaired) electrons. The minimum Gasteiger partial charge on any atom is -0.493 e. The summed E-state index contributed by atoms with van der Waals surface area (Å²) < 4.78 is 16.4. The number of hydrogen-bond acceptors (Lipinski definition) is 9. The maximum Gasteiger partial charge on any atom is 0.407 e. The van der Waals surface area contributed by atoms with Crippen molar-refractivity contribution in [3.8, 4) is 16.9 Å². The molecule has 0 fully saturated rings. The van der Waals surface area contributed by atoms with E-state index in [4.69, 9.17) is 14.2 Å². The second kappa shape index (κ2) is 13.3. The quantitative estimate of drug-likeness (QED) is 0.242. The molecule has 2 aliphatic rings. The number of rotatable bonds is 7. The van der Waals surface area contributed by atoms with Crippen LogP contribution in [0.3, 0.4) is 0 Å². The van der Waals surface area contributed by atoms with Gasteiger partial charge in [-0.25, -0.2) is 19.4 Å². The van der Waals surface area contributed by atoms with Crippen LogP contribution in [0, 0.1) is 12.8 Å². The highest BCUT2D eigenvalue weighted by Crippen LogP contribution is 2.50. The number of esters is 1. The minimum atomic E-state index is -1.31. The van der Waals surface area contributed by atoms with Crippen molar-refractivity contribution in [2.75, 3.05) is 19.0 Å². The lowest BCUT2D eigenvalue weighted by molar-refractivity contribution is 0.0521. The number of carbonyl (C=O) groups excluding carboxylic acids is 3. The summed E-state index contributed by atoms with van der Waals surface area (Å²) in [6.45, 7) is 7.91. The smallest absolute Gasteiger partial charge is 0.407 e. The molecule has 5 rings (SSSR count). The van der Waals surface area contributed by atoms with E-state index in [-0.39, 0.29) is 40.2 Å². The number of methoxy groups -OCH3 is 1. The first-order valence-corrected chi connectivity index (χ1v) is 15.6. The number of pyridine rings is 1. The highest BCUT2D eigenvalue weighted by molar-refractivity contribution is 8.02. The molecule has 3 N–H and O–H groups in total. The van der Waals surface area contributed by atoms with Gasteiger partial charge >= 0.3 is 18.0 Å². The minimum absolute atomic E-state index is 0.0455. The fourth-order valence-corrected chi connectivity index (χ4v) is 6.57. The number of aromatic nitrogens is 1. The van der Waals surface area contributed by atoms with Crippen LogP contribution in [-0.2, 0) is 16.0 Å². The van der Waals surface area contributed by atoms with Gasteiger partial charge in [-0.2, -0.15) is 0 Å². The topological polar surface area (TPSA) is 153 Å². The Morgan fingerprint density at radius 2 is 1.87 bits per heavy atom. The van der Waals surface area contributed by atoms with Crippen LogP contribution in [0.15, 0.2) is 53.9 Å². The number of fused-ring (bicyclic) bond motifs is 3. The van der Waals surface area contributed by atoms with Crippen molar-refractivity contribution >= 4 is 41.4 Å². The Labute approximate surface area is 270 Å². The van der Waals surface area contributed by atoms with Gasteiger partial charge in [-0.15, -0.1) is 11.8 Å². The highest BCUT2D eigenvalue weighted by atomic mass is 32.2. The molecule has 1 aromatic heterocycles. The molecular weight excluding hydrogens is 610 g/mol. The fourth-order valence-electron chi connectivity index (χ4n) is 5.35. The molecule has 3 heterocycles. The summed E-state index contributed by atoms with van der Waals surface area (Å²) in [6, 6.07) is 11.6. The van der Waals surface area contributed by atoms with Crippen molar-refractivity contribution in [3.05, 3.63) is 87.6 Å². The van der Waals surface area contributed by atoms with Gasteiger partial charge in [-0.3, -0.25) is 4.79 Å². The Balaban J connectivity index is 1.52. The van der Waals surface area contributed by atoms with Crippen LogP contribution in [-0.4, -0.2) is 53.3 Å². The van der Waals surface area contributed by atoms with Crippen molar-refractivity contribution in [1.82, 2.24) is 10.3 Å². The molecule has 2 aliphatic heterocycles. The lowest BCUT2D eigenvalue weighted by Crippen LogP contribution is -2.32. The first kappa shape index (κ1) is 32.6. The van der Waals surface area contributed by atoms with Crippen molar-refractivity contribution in [3.63, 3.8) is 0 Å². The van der Waals surface area contributed by atoms with Gasteiger partial charge < -0.3 is 30.0 Å². The molecule has 0 saturated carbocycles. The van der Waals surface area contributed by atoms with Crippen LogP contribution in [0.2, 0.25) is 0 Å². The molecular formula is C34H35N3O8S. The van der Waals surface area contributed by atoms with E-state index in [1.54, 1.807) is 56.8 Å². The zero-order chi connectivity index (χ0) is 33.2. The number of benzene rings is 2. The number of thioether (sulfide) groups is 1. The van der Waals surface area contributed by atoms with Gasteiger partial charge in [0.15, 0.2) is 5.69 Å². The number of carboxylic acid groups (broad SMARTS) is 1. The van der Waals surface area contributed by atoms with Crippen LogP contribution in [0.1, 0.15) is 80.5 Å². The normalized spacial score (nSPS) is 16.7. The zero-order valence-corrected chi connectivity index (χ0v) is 26.9. The van der Waals surface area contributed by atoms with Gasteiger partial charge in [-0.1, -0.05) is 18.2 Å². The summed E-state index contributed by atoms with van der Waals surface area (Å²) in [6.07, 6.45) is 2.42. The molecule has 2 aromatic carbocycles. The second-order valence-corrected chi connectivity index (χ2v) is 13.0. The van der Waals surface area contributed by atoms with Gasteiger partial charge in [0, 0.05) is 39.7 Å². The average molecular weight is 646 g/mol. The molecule has 240 valence electrons. The third-order valence-electron chi connectivity index (χ3n) is 7.51. The van der Waals surface area contributed by atoms with Crippen molar-refractivity contribution in [2.24, 2.45) is 5.92 Å². The van der Waals surface area contributed by atoms with Crippen LogP contribution in [0.5, 0.6) is 5.75 Å². The number of nitrogens with one attached hydrogen (secondary N) is 2. The van der Waals surface area contributed by atoms with Crippen molar-refractivity contribution in [2.45, 2.75) is 51.5 Å². The van der Waals surface area contributed by atoms with E-state index in [2.05, 4.69) is 27.1 Å². The molecule has 46 heavy (non-hydrogen) atoms. The van der Waals surface area contributed by atoms with E-state index in [1.807, 2.05) is 13.0 Å². The molecule has 3 aromatic rings. The van der Waals surface area contributed by atoms with E-state index in [1.165, 1.54) is 19.2 Å². The maximum atomic E-state index is 14.1. The van der Waals surface area contributed by atoms with E-state index in [9.17, 15) is 24.3 Å². The van der Waals surface area contributed by atoms with E-state index >= 15 is 0 Å². The summed E-state index contributed by atoms with van der Waals surface area (Å²) in [7, 11) is 1.18. The number of ether oxygens (including phenoxy) is 3. The number of alkyl carbamates (subject to hydrolysis) is 1. The molecule has 11 nitrogen and oxygen atoms in total. The number of allylic oxidation sites excluding steroid dienone is 1. The number of hydrogen-bond donors (Lipinski definition) is 3. The third kappa shape index (κ3) is 7.17. The first-order valence-electron chi connectivity index (χ1n) is 14.7. The average Bonchev–Trinajstić information content (AvgIpc) is 3.40. The molecule has 2 unspecified atom stereocenters. The van der Waals surface area contributed by atoms with Crippen molar-refractivity contribution in [1.29, 1.82) is 0 Å². The van der Waals surface area contributed by atoms with Gasteiger partial charge in [0.05, 0.1) is 13.7 Å². The summed E-state index contributed by atoms with van der Waals surface area (Å²) in [5, 5.41) is 17.3. The fraction of sp³-hybridized carbons (Fsp3) is 0.324. The number of aromatic carboxylic acids is 1. The molecule has 0 saturated heterocycles. The summed E-state index contributed by atoms with van der Waals surface area (Å²) in [5.41, 5.74) is 2.59. The van der Waals surface area contributed by atoms with Gasteiger partial charge in [0.1, 0.15) is 17.0 Å². The summed E-state index contributed by atoms with van der Waals surface area (Å²) >= 11 is 1.66. The predicted molar refractivity (Wildman–Crippen MR) is 173 cm³/mol. The van der Waals surface area contributed by atoms with Gasteiger partial charge in [0.25, 0.3) is 5.91 Å².